The van der Waals surface area contributed by atoms with Crippen LogP contribution >= 0.6 is 0 Å². The zero-order valence-electron chi connectivity index (χ0n) is 18.9. The van der Waals surface area contributed by atoms with Gasteiger partial charge in [0.15, 0.2) is 0 Å². The Labute approximate surface area is 194 Å². The minimum Gasteiger partial charge on any atom is -0.497 e. The fourth-order valence-corrected chi connectivity index (χ4v) is 3.20. The topological polar surface area (TPSA) is 77.0 Å². The minimum atomic E-state index is -0.630. The summed E-state index contributed by atoms with van der Waals surface area (Å²) < 4.78 is 15.8. The van der Waals surface area contributed by atoms with Crippen LogP contribution in [0.15, 0.2) is 78.9 Å². The summed E-state index contributed by atoms with van der Waals surface area (Å²) >= 11 is 0. The van der Waals surface area contributed by atoms with Crippen LogP contribution in [0.3, 0.4) is 0 Å². The molecule has 0 radical (unpaired) electrons. The Morgan fingerprint density at radius 2 is 1.61 bits per heavy atom. The molecule has 0 aliphatic rings. The maximum Gasteiger partial charge on any atom is 0.338 e. The first-order chi connectivity index (χ1) is 16.1. The number of rotatable bonds is 11. The lowest BCUT2D eigenvalue weighted by molar-refractivity contribution is -0.133. The van der Waals surface area contributed by atoms with Crippen LogP contribution in [0.5, 0.6) is 11.5 Å². The molecule has 6 nitrogen and oxygen atoms in total. The van der Waals surface area contributed by atoms with Gasteiger partial charge in [-0.15, -0.1) is 0 Å². The van der Waals surface area contributed by atoms with Crippen LogP contribution in [0.25, 0.3) is 11.6 Å². The first-order valence-corrected chi connectivity index (χ1v) is 10.7. The van der Waals surface area contributed by atoms with Gasteiger partial charge < -0.3 is 24.6 Å². The molecule has 0 fully saturated rings. The lowest BCUT2D eigenvalue weighted by Crippen LogP contribution is -2.31. The second kappa shape index (κ2) is 12.4. The summed E-state index contributed by atoms with van der Waals surface area (Å²) in [7, 11) is 2.95. The van der Waals surface area contributed by atoms with Gasteiger partial charge in [-0.05, 0) is 47.0 Å². The van der Waals surface area contributed by atoms with E-state index >= 15 is 0 Å². The van der Waals surface area contributed by atoms with Crippen LogP contribution in [-0.2, 0) is 16.1 Å². The standard InChI is InChI=1S/C27H29NO5/c1-31-24-14-10-22(11-15-24)26(27(30)32-2)16-20-8-12-25(13-9-20)33-19-23(29)18-28-17-21-6-4-3-5-7-21/h3-16,23,28-29H,17-19H2,1-2H3. The molecule has 0 saturated carbocycles. The van der Waals surface area contributed by atoms with E-state index in [2.05, 4.69) is 5.32 Å². The zero-order valence-corrected chi connectivity index (χ0v) is 18.9. The Balaban J connectivity index is 1.56. The summed E-state index contributed by atoms with van der Waals surface area (Å²) in [4.78, 5) is 12.3. The molecule has 172 valence electrons. The van der Waals surface area contributed by atoms with Crippen molar-refractivity contribution in [3.05, 3.63) is 95.6 Å². The normalized spacial score (nSPS) is 12.2. The van der Waals surface area contributed by atoms with Crippen LogP contribution in [0.2, 0.25) is 0 Å². The molecule has 0 aromatic heterocycles. The average molecular weight is 448 g/mol. The predicted molar refractivity (Wildman–Crippen MR) is 129 cm³/mol. The number of carbonyl (C=O) groups is 1. The minimum absolute atomic E-state index is 0.177. The number of aliphatic hydroxyl groups is 1. The average Bonchev–Trinajstić information content (AvgIpc) is 2.87. The first kappa shape index (κ1) is 24.0. The molecule has 6 heteroatoms. The van der Waals surface area contributed by atoms with E-state index in [1.165, 1.54) is 7.11 Å². The van der Waals surface area contributed by atoms with Crippen molar-refractivity contribution in [2.24, 2.45) is 0 Å². The van der Waals surface area contributed by atoms with Crippen molar-refractivity contribution < 1.29 is 24.1 Å². The number of hydrogen-bond acceptors (Lipinski definition) is 6. The van der Waals surface area contributed by atoms with Crippen LogP contribution in [0.4, 0.5) is 0 Å². The number of hydrogen-bond donors (Lipinski definition) is 2. The summed E-state index contributed by atoms with van der Waals surface area (Å²) in [6, 6.07) is 24.5. The van der Waals surface area contributed by atoms with E-state index in [9.17, 15) is 9.90 Å². The molecular weight excluding hydrogens is 418 g/mol. The molecule has 0 spiro atoms. The molecule has 33 heavy (non-hydrogen) atoms. The summed E-state index contributed by atoms with van der Waals surface area (Å²) in [5.41, 5.74) is 3.15. The fourth-order valence-electron chi connectivity index (χ4n) is 3.20. The molecule has 0 amide bonds. The molecule has 1 atom stereocenters. The Morgan fingerprint density at radius 1 is 0.939 bits per heavy atom. The van der Waals surface area contributed by atoms with Crippen LogP contribution < -0.4 is 14.8 Å². The van der Waals surface area contributed by atoms with Crippen LogP contribution in [-0.4, -0.2) is 44.6 Å². The lowest BCUT2D eigenvalue weighted by Gasteiger charge is -2.13. The van der Waals surface area contributed by atoms with Gasteiger partial charge in [0.25, 0.3) is 0 Å². The van der Waals surface area contributed by atoms with E-state index in [4.69, 9.17) is 14.2 Å². The predicted octanol–water partition coefficient (Wildman–Crippen LogP) is 3.94. The van der Waals surface area contributed by atoms with Crippen molar-refractivity contribution in [2.45, 2.75) is 12.6 Å². The van der Waals surface area contributed by atoms with Gasteiger partial charge in [-0.3, -0.25) is 0 Å². The van der Waals surface area contributed by atoms with E-state index < -0.39 is 12.1 Å². The molecule has 1 unspecified atom stereocenters. The number of aliphatic hydroxyl groups excluding tert-OH is 1. The van der Waals surface area contributed by atoms with Gasteiger partial charge in [-0.1, -0.05) is 54.6 Å². The van der Waals surface area contributed by atoms with E-state index in [0.29, 0.717) is 30.2 Å². The largest absolute Gasteiger partial charge is 0.497 e. The highest BCUT2D eigenvalue weighted by Gasteiger charge is 2.13. The van der Waals surface area contributed by atoms with Gasteiger partial charge in [0, 0.05) is 13.1 Å². The van der Waals surface area contributed by atoms with Crippen molar-refractivity contribution in [2.75, 3.05) is 27.4 Å². The Hall–Kier alpha value is -3.61. The quantitative estimate of drug-likeness (QED) is 0.263. The van der Waals surface area contributed by atoms with Crippen molar-refractivity contribution >= 4 is 17.6 Å². The van der Waals surface area contributed by atoms with Crippen molar-refractivity contribution in [1.82, 2.24) is 5.32 Å². The molecular formula is C27H29NO5. The molecule has 3 aromatic carbocycles. The molecule has 3 aromatic rings. The van der Waals surface area contributed by atoms with Gasteiger partial charge >= 0.3 is 5.97 Å². The smallest absolute Gasteiger partial charge is 0.338 e. The second-order valence-corrected chi connectivity index (χ2v) is 7.43. The number of carbonyl (C=O) groups excluding carboxylic acids is 1. The Bertz CT molecular complexity index is 1030. The SMILES string of the molecule is COC(=O)C(=Cc1ccc(OCC(O)CNCc2ccccc2)cc1)c1ccc(OC)cc1. The van der Waals surface area contributed by atoms with E-state index in [-0.39, 0.29) is 6.61 Å². The van der Waals surface area contributed by atoms with E-state index in [1.807, 2.05) is 54.6 Å². The molecule has 0 aliphatic heterocycles. The third-order valence-electron chi connectivity index (χ3n) is 4.99. The number of nitrogens with one attached hydrogen (secondary N) is 1. The Morgan fingerprint density at radius 3 is 2.24 bits per heavy atom. The number of benzene rings is 3. The van der Waals surface area contributed by atoms with Crippen LogP contribution in [0.1, 0.15) is 16.7 Å². The highest BCUT2D eigenvalue weighted by Crippen LogP contribution is 2.23. The number of ether oxygens (including phenoxy) is 3. The van der Waals surface area contributed by atoms with Crippen LogP contribution in [0, 0.1) is 0 Å². The fraction of sp³-hybridized carbons (Fsp3) is 0.222. The summed E-state index contributed by atoms with van der Waals surface area (Å²) in [6.07, 6.45) is 1.13. The highest BCUT2D eigenvalue weighted by atomic mass is 16.5. The van der Waals surface area contributed by atoms with Crippen molar-refractivity contribution in [1.29, 1.82) is 0 Å². The van der Waals surface area contributed by atoms with Crippen molar-refractivity contribution in [3.8, 4) is 11.5 Å². The van der Waals surface area contributed by atoms with Gasteiger partial charge in [0.05, 0.1) is 19.8 Å². The first-order valence-electron chi connectivity index (χ1n) is 10.7. The molecule has 0 saturated heterocycles. The van der Waals surface area contributed by atoms with Gasteiger partial charge in [0.2, 0.25) is 0 Å². The third-order valence-corrected chi connectivity index (χ3v) is 4.99. The molecule has 0 bridgehead atoms. The van der Waals surface area contributed by atoms with Gasteiger partial charge in [-0.2, -0.15) is 0 Å². The summed E-state index contributed by atoms with van der Waals surface area (Å²) in [6.45, 7) is 1.30. The van der Waals surface area contributed by atoms with E-state index in [0.717, 1.165) is 16.7 Å². The van der Waals surface area contributed by atoms with E-state index in [1.54, 1.807) is 37.5 Å². The lowest BCUT2D eigenvalue weighted by atomic mass is 10.0. The number of methoxy groups -OCH3 is 2. The molecule has 3 rings (SSSR count). The summed E-state index contributed by atoms with van der Waals surface area (Å²) in [5, 5.41) is 13.4. The summed E-state index contributed by atoms with van der Waals surface area (Å²) in [5.74, 6) is 0.923. The highest BCUT2D eigenvalue weighted by molar-refractivity contribution is 6.21. The molecule has 0 aliphatic carbocycles. The van der Waals surface area contributed by atoms with Crippen molar-refractivity contribution in [3.63, 3.8) is 0 Å². The molecule has 2 N–H and O–H groups in total. The maximum atomic E-state index is 12.3. The van der Waals surface area contributed by atoms with Gasteiger partial charge in [0.1, 0.15) is 24.2 Å². The monoisotopic (exact) mass is 447 g/mol. The number of esters is 1. The zero-order chi connectivity index (χ0) is 23.5. The maximum absolute atomic E-state index is 12.3. The molecule has 0 heterocycles. The van der Waals surface area contributed by atoms with Gasteiger partial charge in [-0.25, -0.2) is 4.79 Å². The second-order valence-electron chi connectivity index (χ2n) is 7.43. The Kier molecular flexibility index (Phi) is 9.06. The third kappa shape index (κ3) is 7.49.